The Balaban J connectivity index is 2.03. The van der Waals surface area contributed by atoms with Crippen LogP contribution in [-0.4, -0.2) is 43.3 Å². The topological polar surface area (TPSA) is 58.4 Å². The number of imidazole rings is 1. The second-order valence-corrected chi connectivity index (χ2v) is 6.91. The number of likely N-dealkylation sites (tertiary alicyclic amines) is 1. The molecule has 0 radical (unpaired) electrons. The zero-order valence-corrected chi connectivity index (χ0v) is 13.9. The summed E-state index contributed by atoms with van der Waals surface area (Å²) in [7, 11) is 1.87. The van der Waals surface area contributed by atoms with Crippen LogP contribution in [0.15, 0.2) is 11.4 Å². The van der Waals surface area contributed by atoms with Crippen LogP contribution in [0.5, 0.6) is 0 Å². The first kappa shape index (κ1) is 16.4. The van der Waals surface area contributed by atoms with Crippen LogP contribution in [0, 0.1) is 0 Å². The Labute approximate surface area is 130 Å². The molecule has 0 bridgehead atoms. The summed E-state index contributed by atoms with van der Waals surface area (Å²) >= 11 is 1.47. The summed E-state index contributed by atoms with van der Waals surface area (Å²) in [4.78, 5) is 19.0. The normalized spacial score (nSPS) is 20.6. The minimum atomic E-state index is -0.148. The summed E-state index contributed by atoms with van der Waals surface area (Å²) in [5.74, 6) is 0.208. The number of hydrogen-bond donors (Lipinski definition) is 1. The minimum Gasteiger partial charge on any atom is -0.390 e. The van der Waals surface area contributed by atoms with E-state index in [0.29, 0.717) is 6.04 Å². The highest BCUT2D eigenvalue weighted by Crippen LogP contribution is 2.27. The molecule has 2 atom stereocenters. The van der Waals surface area contributed by atoms with E-state index in [1.54, 1.807) is 6.20 Å². The lowest BCUT2D eigenvalue weighted by atomic mass is 10.00. The molecule has 1 N–H and O–H groups in total. The van der Waals surface area contributed by atoms with Gasteiger partial charge >= 0.3 is 0 Å². The first-order valence-electron chi connectivity index (χ1n) is 7.67. The number of amides is 1. The van der Waals surface area contributed by atoms with Gasteiger partial charge in [0.05, 0.1) is 23.7 Å². The fourth-order valence-corrected chi connectivity index (χ4v) is 3.78. The predicted octanol–water partition coefficient (Wildman–Crippen LogP) is 2.18. The van der Waals surface area contributed by atoms with Gasteiger partial charge in [0, 0.05) is 19.6 Å². The standard InChI is InChI=1S/C15H25N3O2S/c1-4-12-7-5-6-8-18(12)14(20)11(2)21-15-16-9-13(10-19)17(15)3/h9,11-12,19H,4-8,10H2,1-3H3. The Kier molecular flexibility index (Phi) is 5.70. The highest BCUT2D eigenvalue weighted by Gasteiger charge is 2.29. The molecule has 0 saturated carbocycles. The van der Waals surface area contributed by atoms with Crippen molar-refractivity contribution in [1.29, 1.82) is 0 Å². The molecular weight excluding hydrogens is 286 g/mol. The van der Waals surface area contributed by atoms with E-state index in [4.69, 9.17) is 0 Å². The van der Waals surface area contributed by atoms with Crippen LogP contribution < -0.4 is 0 Å². The van der Waals surface area contributed by atoms with Crippen molar-refractivity contribution < 1.29 is 9.90 Å². The van der Waals surface area contributed by atoms with E-state index in [-0.39, 0.29) is 17.8 Å². The summed E-state index contributed by atoms with van der Waals surface area (Å²) in [6, 6.07) is 0.392. The summed E-state index contributed by atoms with van der Waals surface area (Å²) in [5.41, 5.74) is 0.765. The maximum absolute atomic E-state index is 12.7. The van der Waals surface area contributed by atoms with Gasteiger partial charge < -0.3 is 14.6 Å². The van der Waals surface area contributed by atoms with Crippen LogP contribution in [-0.2, 0) is 18.4 Å². The lowest BCUT2D eigenvalue weighted by Crippen LogP contribution is -2.46. The van der Waals surface area contributed by atoms with Gasteiger partial charge in [0.15, 0.2) is 5.16 Å². The molecule has 1 saturated heterocycles. The van der Waals surface area contributed by atoms with Gasteiger partial charge in [-0.1, -0.05) is 18.7 Å². The number of hydrogen-bond acceptors (Lipinski definition) is 4. The molecular formula is C15H25N3O2S. The van der Waals surface area contributed by atoms with Crippen molar-refractivity contribution in [2.45, 2.75) is 62.6 Å². The molecule has 118 valence electrons. The lowest BCUT2D eigenvalue weighted by Gasteiger charge is -2.36. The van der Waals surface area contributed by atoms with E-state index in [2.05, 4.69) is 16.8 Å². The van der Waals surface area contributed by atoms with Gasteiger partial charge in [-0.15, -0.1) is 0 Å². The monoisotopic (exact) mass is 311 g/mol. The molecule has 6 heteroatoms. The molecule has 5 nitrogen and oxygen atoms in total. The first-order chi connectivity index (χ1) is 10.1. The summed E-state index contributed by atoms with van der Waals surface area (Å²) < 4.78 is 1.85. The molecule has 1 amide bonds. The average Bonchev–Trinajstić information content (AvgIpc) is 2.86. The van der Waals surface area contributed by atoms with E-state index in [9.17, 15) is 9.90 Å². The average molecular weight is 311 g/mol. The van der Waals surface area contributed by atoms with Crippen molar-refractivity contribution in [3.8, 4) is 0 Å². The number of thioether (sulfide) groups is 1. The molecule has 1 fully saturated rings. The van der Waals surface area contributed by atoms with Gasteiger partial charge in [-0.2, -0.15) is 0 Å². The third kappa shape index (κ3) is 3.61. The van der Waals surface area contributed by atoms with E-state index >= 15 is 0 Å². The van der Waals surface area contributed by atoms with Crippen molar-refractivity contribution in [1.82, 2.24) is 14.5 Å². The Morgan fingerprint density at radius 2 is 2.33 bits per heavy atom. The smallest absolute Gasteiger partial charge is 0.236 e. The number of aliphatic hydroxyl groups is 1. The molecule has 0 aliphatic carbocycles. The largest absolute Gasteiger partial charge is 0.390 e. The van der Waals surface area contributed by atoms with Crippen molar-refractivity contribution >= 4 is 17.7 Å². The van der Waals surface area contributed by atoms with Crippen LogP contribution in [0.3, 0.4) is 0 Å². The molecule has 1 aromatic heterocycles. The maximum atomic E-state index is 12.7. The number of aliphatic hydroxyl groups excluding tert-OH is 1. The molecule has 2 unspecified atom stereocenters. The Hall–Kier alpha value is -1.01. The van der Waals surface area contributed by atoms with Crippen LogP contribution in [0.25, 0.3) is 0 Å². The molecule has 0 spiro atoms. The second kappa shape index (κ2) is 7.31. The number of aromatic nitrogens is 2. The number of carbonyl (C=O) groups is 1. The molecule has 2 rings (SSSR count). The van der Waals surface area contributed by atoms with Crippen molar-refractivity contribution in [3.05, 3.63) is 11.9 Å². The SMILES string of the molecule is CCC1CCCCN1C(=O)C(C)Sc1ncc(CO)n1C. The number of rotatable bonds is 5. The molecule has 0 aromatic carbocycles. The minimum absolute atomic E-state index is 0.0313. The quantitative estimate of drug-likeness (QED) is 0.847. The summed E-state index contributed by atoms with van der Waals surface area (Å²) in [6.45, 7) is 4.95. The molecule has 1 aliphatic heterocycles. The van der Waals surface area contributed by atoms with E-state index in [1.807, 2.05) is 18.5 Å². The summed E-state index contributed by atoms with van der Waals surface area (Å²) in [5, 5.41) is 9.83. The molecule has 1 aliphatic rings. The lowest BCUT2D eigenvalue weighted by molar-refractivity contribution is -0.134. The van der Waals surface area contributed by atoms with Crippen molar-refractivity contribution in [3.63, 3.8) is 0 Å². The third-order valence-corrected chi connectivity index (χ3v) is 5.36. The number of carbonyl (C=O) groups excluding carboxylic acids is 1. The van der Waals surface area contributed by atoms with Crippen LogP contribution >= 0.6 is 11.8 Å². The van der Waals surface area contributed by atoms with Crippen molar-refractivity contribution in [2.24, 2.45) is 7.05 Å². The first-order valence-corrected chi connectivity index (χ1v) is 8.55. The fraction of sp³-hybridized carbons (Fsp3) is 0.733. The number of nitrogens with zero attached hydrogens (tertiary/aromatic N) is 3. The Bertz CT molecular complexity index is 489. The van der Waals surface area contributed by atoms with Gasteiger partial charge in [-0.3, -0.25) is 4.79 Å². The van der Waals surface area contributed by atoms with Gasteiger partial charge in [-0.05, 0) is 32.6 Å². The van der Waals surface area contributed by atoms with Gasteiger partial charge in [0.2, 0.25) is 5.91 Å². The van der Waals surface area contributed by atoms with Crippen LogP contribution in [0.2, 0.25) is 0 Å². The van der Waals surface area contributed by atoms with Gasteiger partial charge in [0.1, 0.15) is 0 Å². The highest BCUT2D eigenvalue weighted by molar-refractivity contribution is 8.00. The molecule has 21 heavy (non-hydrogen) atoms. The maximum Gasteiger partial charge on any atom is 0.236 e. The van der Waals surface area contributed by atoms with Gasteiger partial charge in [-0.25, -0.2) is 4.98 Å². The summed E-state index contributed by atoms with van der Waals surface area (Å²) in [6.07, 6.45) is 6.14. The van der Waals surface area contributed by atoms with Crippen LogP contribution in [0.4, 0.5) is 0 Å². The second-order valence-electron chi connectivity index (χ2n) is 5.60. The molecule has 2 heterocycles. The number of piperidine rings is 1. The zero-order chi connectivity index (χ0) is 15.4. The Morgan fingerprint density at radius 3 is 2.95 bits per heavy atom. The fourth-order valence-electron chi connectivity index (χ4n) is 2.84. The van der Waals surface area contributed by atoms with E-state index in [1.165, 1.54) is 18.2 Å². The van der Waals surface area contributed by atoms with Crippen molar-refractivity contribution in [2.75, 3.05) is 6.54 Å². The predicted molar refractivity (Wildman–Crippen MR) is 84.1 cm³/mol. The highest BCUT2D eigenvalue weighted by atomic mass is 32.2. The Morgan fingerprint density at radius 1 is 1.57 bits per heavy atom. The zero-order valence-electron chi connectivity index (χ0n) is 13.1. The van der Waals surface area contributed by atoms with E-state index in [0.717, 1.165) is 36.7 Å². The van der Waals surface area contributed by atoms with Crippen LogP contribution in [0.1, 0.15) is 45.2 Å². The molecule has 1 aromatic rings. The van der Waals surface area contributed by atoms with E-state index < -0.39 is 0 Å². The third-order valence-electron chi connectivity index (χ3n) is 4.22. The van der Waals surface area contributed by atoms with Gasteiger partial charge in [0.25, 0.3) is 0 Å².